The predicted molar refractivity (Wildman–Crippen MR) is 92.4 cm³/mol. The van der Waals surface area contributed by atoms with Gasteiger partial charge in [0.25, 0.3) is 0 Å². The molecule has 2 saturated heterocycles. The minimum atomic E-state index is -0.199. The fraction of sp³-hybridized carbons (Fsp3) is 0.765. The van der Waals surface area contributed by atoms with E-state index in [0.29, 0.717) is 6.61 Å². The second kappa shape index (κ2) is 6.85. The lowest BCUT2D eigenvalue weighted by molar-refractivity contribution is -0.138. The van der Waals surface area contributed by atoms with Gasteiger partial charge in [0.15, 0.2) is 0 Å². The molecule has 23 heavy (non-hydrogen) atoms. The summed E-state index contributed by atoms with van der Waals surface area (Å²) in [6.45, 7) is 6.84. The SMILES string of the molecule is CCC1(CC)CN(C(=O)[C@@H]2CCO[C@H]2c2nccn2C)CCS1. The molecule has 0 aromatic carbocycles. The molecule has 0 bridgehead atoms. The second-order valence-corrected chi connectivity index (χ2v) is 8.14. The minimum Gasteiger partial charge on any atom is -0.369 e. The van der Waals surface area contributed by atoms with Crippen LogP contribution in [0.4, 0.5) is 0 Å². The number of carbonyl (C=O) groups is 1. The molecule has 3 heterocycles. The minimum absolute atomic E-state index is 0.0920. The van der Waals surface area contributed by atoms with E-state index in [1.165, 1.54) is 0 Å². The molecular formula is C17H27N3O2S. The van der Waals surface area contributed by atoms with Gasteiger partial charge >= 0.3 is 0 Å². The summed E-state index contributed by atoms with van der Waals surface area (Å²) in [6.07, 6.45) is 6.51. The van der Waals surface area contributed by atoms with Crippen LogP contribution in [-0.2, 0) is 16.6 Å². The maximum absolute atomic E-state index is 13.1. The first kappa shape index (κ1) is 16.8. The summed E-state index contributed by atoms with van der Waals surface area (Å²) >= 11 is 2.03. The molecule has 1 aromatic rings. The number of nitrogens with zero attached hydrogens (tertiary/aromatic N) is 3. The Morgan fingerprint density at radius 1 is 1.48 bits per heavy atom. The number of rotatable bonds is 4. The summed E-state index contributed by atoms with van der Waals surface area (Å²) in [4.78, 5) is 19.6. The third kappa shape index (κ3) is 3.15. The maximum atomic E-state index is 13.1. The number of imidazole rings is 1. The topological polar surface area (TPSA) is 47.4 Å². The van der Waals surface area contributed by atoms with Crippen molar-refractivity contribution in [3.8, 4) is 0 Å². The zero-order valence-corrected chi connectivity index (χ0v) is 15.1. The van der Waals surface area contributed by atoms with E-state index in [2.05, 4.69) is 23.7 Å². The van der Waals surface area contributed by atoms with E-state index >= 15 is 0 Å². The number of aryl methyl sites for hydroxylation is 1. The number of hydrogen-bond acceptors (Lipinski definition) is 4. The Bertz CT molecular complexity index is 556. The van der Waals surface area contributed by atoms with E-state index in [9.17, 15) is 4.79 Å². The van der Waals surface area contributed by atoms with Crippen LogP contribution < -0.4 is 0 Å². The monoisotopic (exact) mass is 337 g/mol. The Balaban J connectivity index is 1.75. The predicted octanol–water partition coefficient (Wildman–Crippen LogP) is 2.63. The Labute approximate surface area is 142 Å². The third-order valence-corrected chi connectivity index (χ3v) is 7.08. The highest BCUT2D eigenvalue weighted by atomic mass is 32.2. The summed E-state index contributed by atoms with van der Waals surface area (Å²) in [5.74, 6) is 2.06. The smallest absolute Gasteiger partial charge is 0.228 e. The van der Waals surface area contributed by atoms with E-state index in [-0.39, 0.29) is 22.7 Å². The van der Waals surface area contributed by atoms with Gasteiger partial charge in [-0.2, -0.15) is 11.8 Å². The van der Waals surface area contributed by atoms with Gasteiger partial charge in [-0.25, -0.2) is 4.98 Å². The van der Waals surface area contributed by atoms with Crippen molar-refractivity contribution < 1.29 is 9.53 Å². The van der Waals surface area contributed by atoms with Gasteiger partial charge in [-0.15, -0.1) is 0 Å². The Hall–Kier alpha value is -1.01. The molecule has 0 saturated carbocycles. The Morgan fingerprint density at radius 2 is 2.26 bits per heavy atom. The number of hydrogen-bond donors (Lipinski definition) is 0. The first-order chi connectivity index (χ1) is 11.1. The Morgan fingerprint density at radius 3 is 2.91 bits per heavy atom. The molecule has 0 radical (unpaired) electrons. The van der Waals surface area contributed by atoms with Crippen LogP contribution in [0.2, 0.25) is 0 Å². The molecule has 2 fully saturated rings. The van der Waals surface area contributed by atoms with E-state index in [4.69, 9.17) is 4.74 Å². The van der Waals surface area contributed by atoms with Crippen molar-refractivity contribution >= 4 is 17.7 Å². The normalized spacial score (nSPS) is 27.3. The standard InChI is InChI=1S/C17H27N3O2S/c1-4-17(5-2)12-20(9-11-23-17)16(21)13-6-10-22-14(13)15-18-7-8-19(15)3/h7-8,13-14H,4-6,9-12H2,1-3H3/t13-,14-/m1/s1. The molecule has 6 heteroatoms. The number of carbonyl (C=O) groups excluding carboxylic acids is 1. The zero-order valence-electron chi connectivity index (χ0n) is 14.3. The van der Waals surface area contributed by atoms with Crippen LogP contribution in [0, 0.1) is 5.92 Å². The fourth-order valence-electron chi connectivity index (χ4n) is 3.69. The number of ether oxygens (including phenoxy) is 1. The summed E-state index contributed by atoms with van der Waals surface area (Å²) in [5, 5.41) is 0. The van der Waals surface area contributed by atoms with Gasteiger partial charge in [0.1, 0.15) is 11.9 Å². The molecule has 1 aromatic heterocycles. The number of thioether (sulfide) groups is 1. The molecule has 2 atom stereocenters. The van der Waals surface area contributed by atoms with E-state index in [1.807, 2.05) is 29.6 Å². The van der Waals surface area contributed by atoms with Gasteiger partial charge in [-0.1, -0.05) is 13.8 Å². The molecule has 0 unspecified atom stereocenters. The molecule has 2 aliphatic heterocycles. The van der Waals surface area contributed by atoms with Crippen LogP contribution in [0.5, 0.6) is 0 Å². The second-order valence-electron chi connectivity index (χ2n) is 6.58. The highest BCUT2D eigenvalue weighted by Gasteiger charge is 2.42. The lowest BCUT2D eigenvalue weighted by atomic mass is 9.96. The fourth-order valence-corrected chi connectivity index (χ4v) is 5.09. The van der Waals surface area contributed by atoms with Crippen molar-refractivity contribution in [2.45, 2.75) is 44.0 Å². The molecule has 0 spiro atoms. The lowest BCUT2D eigenvalue weighted by Crippen LogP contribution is -2.50. The van der Waals surface area contributed by atoms with Gasteiger partial charge < -0.3 is 14.2 Å². The largest absolute Gasteiger partial charge is 0.369 e. The quantitative estimate of drug-likeness (QED) is 0.847. The lowest BCUT2D eigenvalue weighted by Gasteiger charge is -2.42. The average molecular weight is 337 g/mol. The molecule has 0 aliphatic carbocycles. The number of amides is 1. The van der Waals surface area contributed by atoms with Crippen molar-refractivity contribution in [3.63, 3.8) is 0 Å². The summed E-state index contributed by atoms with van der Waals surface area (Å²) in [5.41, 5.74) is 0. The highest BCUT2D eigenvalue weighted by Crippen LogP contribution is 2.40. The molecule has 0 N–H and O–H groups in total. The molecule has 3 rings (SSSR count). The molecule has 5 nitrogen and oxygen atoms in total. The van der Waals surface area contributed by atoms with Crippen LogP contribution in [0.15, 0.2) is 12.4 Å². The van der Waals surface area contributed by atoms with Crippen LogP contribution in [0.25, 0.3) is 0 Å². The molecular weight excluding hydrogens is 310 g/mol. The van der Waals surface area contributed by atoms with Crippen LogP contribution >= 0.6 is 11.8 Å². The van der Waals surface area contributed by atoms with E-state index in [0.717, 1.165) is 43.9 Å². The third-order valence-electron chi connectivity index (χ3n) is 5.37. The summed E-state index contributed by atoms with van der Waals surface area (Å²) in [6, 6.07) is 0. The van der Waals surface area contributed by atoms with Crippen molar-refractivity contribution in [1.82, 2.24) is 14.5 Å². The average Bonchev–Trinajstić information content (AvgIpc) is 3.22. The zero-order chi connectivity index (χ0) is 16.4. The summed E-state index contributed by atoms with van der Waals surface area (Å²) < 4.78 is 8.06. The van der Waals surface area contributed by atoms with Crippen LogP contribution in [0.3, 0.4) is 0 Å². The first-order valence-electron chi connectivity index (χ1n) is 8.62. The van der Waals surface area contributed by atoms with Crippen molar-refractivity contribution in [1.29, 1.82) is 0 Å². The molecule has 128 valence electrons. The van der Waals surface area contributed by atoms with Gasteiger partial charge in [-0.3, -0.25) is 4.79 Å². The maximum Gasteiger partial charge on any atom is 0.228 e. The molecule has 1 amide bonds. The van der Waals surface area contributed by atoms with E-state index in [1.54, 1.807) is 6.20 Å². The number of aromatic nitrogens is 2. The van der Waals surface area contributed by atoms with Crippen molar-refractivity contribution in [3.05, 3.63) is 18.2 Å². The van der Waals surface area contributed by atoms with Gasteiger partial charge in [0, 0.05) is 49.6 Å². The van der Waals surface area contributed by atoms with Crippen molar-refractivity contribution in [2.75, 3.05) is 25.4 Å². The van der Waals surface area contributed by atoms with E-state index < -0.39 is 0 Å². The van der Waals surface area contributed by atoms with Gasteiger partial charge in [-0.05, 0) is 19.3 Å². The van der Waals surface area contributed by atoms with Crippen molar-refractivity contribution in [2.24, 2.45) is 13.0 Å². The van der Waals surface area contributed by atoms with Gasteiger partial charge in [0.2, 0.25) is 5.91 Å². The Kier molecular flexibility index (Phi) is 5.01. The highest BCUT2D eigenvalue weighted by molar-refractivity contribution is 8.00. The summed E-state index contributed by atoms with van der Waals surface area (Å²) in [7, 11) is 1.96. The molecule has 2 aliphatic rings. The van der Waals surface area contributed by atoms with Gasteiger partial charge in [0.05, 0.1) is 5.92 Å². The van der Waals surface area contributed by atoms with Crippen LogP contribution in [-0.4, -0.2) is 50.6 Å². The van der Waals surface area contributed by atoms with Crippen LogP contribution in [0.1, 0.15) is 45.0 Å². The first-order valence-corrected chi connectivity index (χ1v) is 9.60.